The van der Waals surface area contributed by atoms with Crippen molar-refractivity contribution < 1.29 is 4.74 Å². The van der Waals surface area contributed by atoms with Crippen LogP contribution in [0.3, 0.4) is 0 Å². The summed E-state index contributed by atoms with van der Waals surface area (Å²) in [7, 11) is 0. The molecule has 1 saturated heterocycles. The molecule has 0 spiro atoms. The van der Waals surface area contributed by atoms with Gasteiger partial charge in [-0.2, -0.15) is 0 Å². The summed E-state index contributed by atoms with van der Waals surface area (Å²) in [4.78, 5) is 2.70. The normalized spacial score (nSPS) is 27.1. The zero-order valence-corrected chi connectivity index (χ0v) is 14.0. The van der Waals surface area contributed by atoms with Crippen molar-refractivity contribution in [1.29, 1.82) is 0 Å². The van der Waals surface area contributed by atoms with Crippen LogP contribution in [0.15, 0.2) is 0 Å². The molecule has 20 heavy (non-hydrogen) atoms. The number of hydrogen-bond acceptors (Lipinski definition) is 3. The maximum Gasteiger partial charge on any atom is 0.0593 e. The van der Waals surface area contributed by atoms with E-state index in [-0.39, 0.29) is 5.54 Å². The smallest absolute Gasteiger partial charge is 0.0593 e. The molecule has 3 nitrogen and oxygen atoms in total. The van der Waals surface area contributed by atoms with Crippen LogP contribution in [0, 0.1) is 0 Å². The molecule has 1 heterocycles. The highest BCUT2D eigenvalue weighted by molar-refractivity contribution is 4.96. The van der Waals surface area contributed by atoms with Crippen molar-refractivity contribution in [3.63, 3.8) is 0 Å². The van der Waals surface area contributed by atoms with Gasteiger partial charge in [0.25, 0.3) is 0 Å². The Bertz CT molecular complexity index is 237. The van der Waals surface area contributed by atoms with Crippen LogP contribution in [0.1, 0.15) is 72.1 Å². The lowest BCUT2D eigenvalue weighted by atomic mass is 9.83. The van der Waals surface area contributed by atoms with Crippen molar-refractivity contribution in [1.82, 2.24) is 4.90 Å². The molecule has 120 valence electrons. The lowest BCUT2D eigenvalue weighted by Crippen LogP contribution is -2.59. The van der Waals surface area contributed by atoms with Crippen molar-refractivity contribution in [3.8, 4) is 0 Å². The number of unbranched alkanes of at least 4 members (excludes halogenated alkanes) is 2. The van der Waals surface area contributed by atoms with E-state index in [0.29, 0.717) is 6.10 Å². The van der Waals surface area contributed by atoms with Gasteiger partial charge in [-0.3, -0.25) is 4.90 Å². The molecule has 0 aromatic carbocycles. The fraction of sp³-hybridized carbons (Fsp3) is 1.00. The van der Waals surface area contributed by atoms with Gasteiger partial charge >= 0.3 is 0 Å². The largest absolute Gasteiger partial charge is 0.378 e. The number of rotatable bonds is 10. The molecule has 0 radical (unpaired) electrons. The third kappa shape index (κ3) is 5.01. The molecule has 2 atom stereocenters. The van der Waals surface area contributed by atoms with Crippen LogP contribution in [-0.2, 0) is 4.74 Å². The fourth-order valence-electron chi connectivity index (χ4n) is 3.39. The van der Waals surface area contributed by atoms with E-state index < -0.39 is 0 Å². The van der Waals surface area contributed by atoms with Gasteiger partial charge in [0.2, 0.25) is 0 Å². The number of ether oxygens (including phenoxy) is 1. The highest BCUT2D eigenvalue weighted by Crippen LogP contribution is 2.32. The summed E-state index contributed by atoms with van der Waals surface area (Å²) in [6.45, 7) is 10.9. The van der Waals surface area contributed by atoms with Gasteiger partial charge in [-0.1, -0.05) is 40.0 Å². The predicted octanol–water partition coefficient (Wildman–Crippen LogP) is 3.57. The quantitative estimate of drug-likeness (QED) is 0.666. The van der Waals surface area contributed by atoms with E-state index in [0.717, 1.165) is 26.0 Å². The van der Waals surface area contributed by atoms with E-state index in [1.54, 1.807) is 0 Å². The first-order valence-corrected chi connectivity index (χ1v) is 8.79. The minimum atomic E-state index is 0.197. The van der Waals surface area contributed by atoms with E-state index in [1.165, 1.54) is 51.6 Å². The Hall–Kier alpha value is -0.120. The van der Waals surface area contributed by atoms with Crippen LogP contribution in [0.2, 0.25) is 0 Å². The van der Waals surface area contributed by atoms with Crippen molar-refractivity contribution in [2.75, 3.05) is 26.2 Å². The van der Waals surface area contributed by atoms with Crippen molar-refractivity contribution >= 4 is 0 Å². The molecule has 0 aliphatic carbocycles. The maximum atomic E-state index is 6.24. The van der Waals surface area contributed by atoms with E-state index in [9.17, 15) is 0 Å². The van der Waals surface area contributed by atoms with Gasteiger partial charge in [0.1, 0.15) is 0 Å². The highest BCUT2D eigenvalue weighted by atomic mass is 16.5. The second kappa shape index (κ2) is 9.75. The second-order valence-corrected chi connectivity index (χ2v) is 6.36. The molecule has 1 aliphatic rings. The third-order valence-electron chi connectivity index (χ3n) is 4.75. The van der Waals surface area contributed by atoms with Gasteiger partial charge in [-0.15, -0.1) is 0 Å². The molecular formula is C17H36N2O. The first kappa shape index (κ1) is 17.9. The Kier molecular flexibility index (Phi) is 8.74. The SMILES string of the molecule is CCCCN(CCCC)C1(CN)CCOC(CCC)C1. The van der Waals surface area contributed by atoms with E-state index in [2.05, 4.69) is 25.7 Å². The summed E-state index contributed by atoms with van der Waals surface area (Å²) in [5.74, 6) is 0. The summed E-state index contributed by atoms with van der Waals surface area (Å²) in [6.07, 6.45) is 10.1. The zero-order valence-electron chi connectivity index (χ0n) is 14.0. The van der Waals surface area contributed by atoms with Crippen LogP contribution in [0.5, 0.6) is 0 Å². The topological polar surface area (TPSA) is 38.5 Å². The summed E-state index contributed by atoms with van der Waals surface area (Å²) in [5.41, 5.74) is 6.44. The Morgan fingerprint density at radius 2 is 1.75 bits per heavy atom. The Morgan fingerprint density at radius 1 is 1.10 bits per heavy atom. The molecule has 3 heteroatoms. The minimum Gasteiger partial charge on any atom is -0.378 e. The summed E-state index contributed by atoms with van der Waals surface area (Å²) >= 11 is 0. The van der Waals surface area contributed by atoms with Crippen LogP contribution >= 0.6 is 0 Å². The van der Waals surface area contributed by atoms with Crippen molar-refractivity contribution in [2.24, 2.45) is 5.73 Å². The lowest BCUT2D eigenvalue weighted by molar-refractivity contribution is -0.0745. The van der Waals surface area contributed by atoms with Gasteiger partial charge in [0.15, 0.2) is 0 Å². The van der Waals surface area contributed by atoms with Crippen molar-refractivity contribution in [3.05, 3.63) is 0 Å². The van der Waals surface area contributed by atoms with Crippen LogP contribution in [0.25, 0.3) is 0 Å². The van der Waals surface area contributed by atoms with E-state index in [4.69, 9.17) is 10.5 Å². The third-order valence-corrected chi connectivity index (χ3v) is 4.75. The molecule has 0 aromatic heterocycles. The molecular weight excluding hydrogens is 248 g/mol. The summed E-state index contributed by atoms with van der Waals surface area (Å²) < 4.78 is 5.95. The van der Waals surface area contributed by atoms with Crippen LogP contribution in [0.4, 0.5) is 0 Å². The van der Waals surface area contributed by atoms with Gasteiger partial charge in [0, 0.05) is 18.7 Å². The molecule has 2 unspecified atom stereocenters. The summed E-state index contributed by atoms with van der Waals surface area (Å²) in [6, 6.07) is 0. The molecule has 1 aliphatic heterocycles. The Balaban J connectivity index is 2.73. The first-order chi connectivity index (χ1) is 9.72. The highest BCUT2D eigenvalue weighted by Gasteiger charge is 2.39. The molecule has 0 saturated carbocycles. The number of hydrogen-bond donors (Lipinski definition) is 1. The standard InChI is InChI=1S/C17H36N2O/c1-4-7-11-19(12-8-5-2)17(15-18)10-13-20-16(14-17)9-6-3/h16H,4-15,18H2,1-3H3. The number of nitrogens with two attached hydrogens (primary N) is 1. The lowest BCUT2D eigenvalue weighted by Gasteiger charge is -2.48. The molecule has 1 fully saturated rings. The summed E-state index contributed by atoms with van der Waals surface area (Å²) in [5, 5.41) is 0. The van der Waals surface area contributed by atoms with E-state index >= 15 is 0 Å². The van der Waals surface area contributed by atoms with Gasteiger partial charge in [-0.05, 0) is 45.2 Å². The number of nitrogens with zero attached hydrogens (tertiary/aromatic N) is 1. The minimum absolute atomic E-state index is 0.197. The van der Waals surface area contributed by atoms with Gasteiger partial charge < -0.3 is 10.5 Å². The molecule has 1 rings (SSSR count). The Morgan fingerprint density at radius 3 is 2.25 bits per heavy atom. The average molecular weight is 284 g/mol. The molecule has 2 N–H and O–H groups in total. The molecule has 0 aromatic rings. The fourth-order valence-corrected chi connectivity index (χ4v) is 3.39. The Labute approximate surface area is 126 Å². The van der Waals surface area contributed by atoms with Gasteiger partial charge in [0.05, 0.1) is 6.10 Å². The van der Waals surface area contributed by atoms with Crippen molar-refractivity contribution in [2.45, 2.75) is 83.8 Å². The first-order valence-electron chi connectivity index (χ1n) is 8.79. The van der Waals surface area contributed by atoms with Gasteiger partial charge in [-0.25, -0.2) is 0 Å². The second-order valence-electron chi connectivity index (χ2n) is 6.36. The average Bonchev–Trinajstić information content (AvgIpc) is 2.48. The van der Waals surface area contributed by atoms with E-state index in [1.807, 2.05) is 0 Å². The molecule has 0 bridgehead atoms. The monoisotopic (exact) mass is 284 g/mol. The van der Waals surface area contributed by atoms with Crippen LogP contribution in [-0.4, -0.2) is 42.8 Å². The molecule has 0 amide bonds. The predicted molar refractivity (Wildman–Crippen MR) is 87.1 cm³/mol. The van der Waals surface area contributed by atoms with Crippen LogP contribution < -0.4 is 5.73 Å². The maximum absolute atomic E-state index is 6.24. The zero-order chi connectivity index (χ0) is 14.8.